The molecule has 1 heterocycles. The van der Waals surface area contributed by atoms with Crippen LogP contribution in [0.3, 0.4) is 0 Å². The zero-order valence-electron chi connectivity index (χ0n) is 12.7. The third-order valence-electron chi connectivity index (χ3n) is 3.54. The lowest BCUT2D eigenvalue weighted by molar-refractivity contribution is 0.357. The van der Waals surface area contributed by atoms with Gasteiger partial charge in [0.25, 0.3) is 0 Å². The van der Waals surface area contributed by atoms with Gasteiger partial charge in [0.05, 0.1) is 15.7 Å². The summed E-state index contributed by atoms with van der Waals surface area (Å²) >= 11 is 1.38. The molecule has 138 valence electrons. The zero-order chi connectivity index (χ0) is 19.1. The molecule has 0 bridgehead atoms. The highest BCUT2D eigenvalue weighted by Gasteiger charge is 2.33. The largest absolute Gasteiger partial charge is 0.246 e. The van der Waals surface area contributed by atoms with Crippen molar-refractivity contribution in [2.75, 3.05) is 6.54 Å². The molecular weight excluding hydrogens is 399 g/mol. The molecular formula is C15H9F5N2O2S2. The second kappa shape index (κ2) is 6.89. The number of thiazole rings is 1. The molecule has 0 fully saturated rings. The maximum absolute atomic E-state index is 13.6. The van der Waals surface area contributed by atoms with Gasteiger partial charge in [-0.3, -0.25) is 0 Å². The van der Waals surface area contributed by atoms with Crippen LogP contribution in [0.15, 0.2) is 28.6 Å². The summed E-state index contributed by atoms with van der Waals surface area (Å²) in [6.07, 6.45) is 0.141. The highest BCUT2D eigenvalue weighted by atomic mass is 32.2. The fourth-order valence-corrected chi connectivity index (χ4v) is 4.18. The number of hydrogen-bond acceptors (Lipinski definition) is 4. The fourth-order valence-electron chi connectivity index (χ4n) is 2.28. The van der Waals surface area contributed by atoms with Crippen LogP contribution in [-0.4, -0.2) is 19.9 Å². The van der Waals surface area contributed by atoms with Crippen LogP contribution < -0.4 is 4.72 Å². The Kier molecular flexibility index (Phi) is 4.95. The van der Waals surface area contributed by atoms with Gasteiger partial charge in [-0.1, -0.05) is 6.07 Å². The summed E-state index contributed by atoms with van der Waals surface area (Å²) in [6, 6.07) is 5.17. The number of sulfonamides is 1. The molecule has 0 aliphatic rings. The summed E-state index contributed by atoms with van der Waals surface area (Å²) in [5.41, 5.74) is 3.11. The standard InChI is InChI=1S/C15H9F5N2O2S2/c16-10-11(17)13(19)15(14(20)12(10)18)26(23,24)22-4-3-7-1-2-8-9(5-7)25-6-21-8/h1-2,5-6,22H,3-4H2. The zero-order valence-corrected chi connectivity index (χ0v) is 14.3. The van der Waals surface area contributed by atoms with Crippen LogP contribution in [0.2, 0.25) is 0 Å². The van der Waals surface area contributed by atoms with Gasteiger partial charge < -0.3 is 0 Å². The third kappa shape index (κ3) is 3.29. The predicted molar refractivity (Wildman–Crippen MR) is 84.7 cm³/mol. The third-order valence-corrected chi connectivity index (χ3v) is 5.81. The lowest BCUT2D eigenvalue weighted by Gasteiger charge is -2.10. The van der Waals surface area contributed by atoms with Crippen molar-refractivity contribution in [2.24, 2.45) is 0 Å². The van der Waals surface area contributed by atoms with Crippen molar-refractivity contribution in [1.29, 1.82) is 0 Å². The van der Waals surface area contributed by atoms with Gasteiger partial charge in [0.15, 0.2) is 28.2 Å². The first-order valence-electron chi connectivity index (χ1n) is 7.05. The Bertz CT molecular complexity index is 1070. The number of rotatable bonds is 5. The van der Waals surface area contributed by atoms with E-state index in [9.17, 15) is 30.4 Å². The van der Waals surface area contributed by atoms with Crippen molar-refractivity contribution in [3.05, 3.63) is 58.4 Å². The van der Waals surface area contributed by atoms with Crippen molar-refractivity contribution in [3.8, 4) is 0 Å². The van der Waals surface area contributed by atoms with Crippen LogP contribution in [0.1, 0.15) is 5.56 Å². The Morgan fingerprint density at radius 2 is 1.58 bits per heavy atom. The van der Waals surface area contributed by atoms with E-state index in [1.54, 1.807) is 23.7 Å². The van der Waals surface area contributed by atoms with E-state index in [0.29, 0.717) is 5.56 Å². The van der Waals surface area contributed by atoms with Gasteiger partial charge in [0.1, 0.15) is 0 Å². The smallest absolute Gasteiger partial charge is 0.245 e. The normalized spacial score (nSPS) is 12.0. The summed E-state index contributed by atoms with van der Waals surface area (Å²) < 4.78 is 93.4. The Morgan fingerprint density at radius 3 is 2.23 bits per heavy atom. The molecule has 3 aromatic rings. The van der Waals surface area contributed by atoms with E-state index in [1.165, 1.54) is 11.3 Å². The number of fused-ring (bicyclic) bond motifs is 1. The van der Waals surface area contributed by atoms with E-state index < -0.39 is 44.0 Å². The summed E-state index contributed by atoms with van der Waals surface area (Å²) in [4.78, 5) is 2.19. The molecule has 0 aliphatic heterocycles. The first kappa shape index (κ1) is 18.7. The first-order chi connectivity index (χ1) is 12.2. The minimum atomic E-state index is -4.94. The Hall–Kier alpha value is -2.11. The molecule has 3 rings (SSSR count). The maximum atomic E-state index is 13.6. The SMILES string of the molecule is O=S(=O)(NCCc1ccc2ncsc2c1)c1c(F)c(F)c(F)c(F)c1F. The van der Waals surface area contributed by atoms with Crippen LogP contribution in [0.5, 0.6) is 0 Å². The molecule has 0 aliphatic carbocycles. The van der Waals surface area contributed by atoms with Crippen molar-refractivity contribution in [3.63, 3.8) is 0 Å². The summed E-state index contributed by atoms with van der Waals surface area (Å²) in [5.74, 6) is -11.9. The number of nitrogens with one attached hydrogen (secondary N) is 1. The topological polar surface area (TPSA) is 59.1 Å². The molecule has 0 atom stereocenters. The van der Waals surface area contributed by atoms with E-state index in [1.807, 2.05) is 4.72 Å². The summed E-state index contributed by atoms with van der Waals surface area (Å²) in [5, 5.41) is 0. The van der Waals surface area contributed by atoms with Crippen LogP contribution >= 0.6 is 11.3 Å². The molecule has 0 saturated heterocycles. The van der Waals surface area contributed by atoms with Crippen LogP contribution in [0, 0.1) is 29.1 Å². The first-order valence-corrected chi connectivity index (χ1v) is 9.42. The van der Waals surface area contributed by atoms with E-state index in [-0.39, 0.29) is 13.0 Å². The fraction of sp³-hybridized carbons (Fsp3) is 0.133. The molecule has 0 unspecified atom stereocenters. The average molecular weight is 408 g/mol. The van der Waals surface area contributed by atoms with Gasteiger partial charge in [-0.2, -0.15) is 0 Å². The average Bonchev–Trinajstić information content (AvgIpc) is 3.06. The van der Waals surface area contributed by atoms with E-state index in [4.69, 9.17) is 0 Å². The van der Waals surface area contributed by atoms with E-state index in [0.717, 1.165) is 10.2 Å². The van der Waals surface area contributed by atoms with Crippen LogP contribution in [-0.2, 0) is 16.4 Å². The highest BCUT2D eigenvalue weighted by molar-refractivity contribution is 7.89. The Labute approximate surface area is 148 Å². The second-order valence-electron chi connectivity index (χ2n) is 5.20. The van der Waals surface area contributed by atoms with Crippen molar-refractivity contribution < 1.29 is 30.4 Å². The van der Waals surface area contributed by atoms with Gasteiger partial charge in [-0.05, 0) is 24.1 Å². The monoisotopic (exact) mass is 408 g/mol. The molecule has 11 heteroatoms. The van der Waals surface area contributed by atoms with Crippen LogP contribution in [0.25, 0.3) is 10.2 Å². The van der Waals surface area contributed by atoms with Gasteiger partial charge in [-0.25, -0.2) is 40.1 Å². The molecule has 26 heavy (non-hydrogen) atoms. The second-order valence-corrected chi connectivity index (χ2v) is 7.79. The van der Waals surface area contributed by atoms with Crippen molar-refractivity contribution >= 4 is 31.6 Å². The summed E-state index contributed by atoms with van der Waals surface area (Å²) in [6.45, 7) is -0.299. The van der Waals surface area contributed by atoms with E-state index >= 15 is 0 Å². The lowest BCUT2D eigenvalue weighted by Crippen LogP contribution is -2.29. The number of hydrogen-bond donors (Lipinski definition) is 1. The van der Waals surface area contributed by atoms with Gasteiger partial charge in [0, 0.05) is 6.54 Å². The number of nitrogens with zero attached hydrogens (tertiary/aromatic N) is 1. The van der Waals surface area contributed by atoms with Crippen molar-refractivity contribution in [2.45, 2.75) is 11.3 Å². The number of aromatic nitrogens is 1. The molecule has 0 spiro atoms. The Morgan fingerprint density at radius 1 is 0.962 bits per heavy atom. The van der Waals surface area contributed by atoms with Gasteiger partial charge >= 0.3 is 0 Å². The minimum Gasteiger partial charge on any atom is -0.245 e. The molecule has 0 saturated carbocycles. The lowest BCUT2D eigenvalue weighted by atomic mass is 10.1. The van der Waals surface area contributed by atoms with E-state index in [2.05, 4.69) is 4.98 Å². The quantitative estimate of drug-likeness (QED) is 0.399. The van der Waals surface area contributed by atoms with Crippen LogP contribution in [0.4, 0.5) is 22.0 Å². The minimum absolute atomic E-state index is 0.141. The van der Waals surface area contributed by atoms with Gasteiger partial charge in [0.2, 0.25) is 15.8 Å². The number of benzene rings is 2. The molecule has 0 amide bonds. The molecule has 1 aromatic heterocycles. The molecule has 4 nitrogen and oxygen atoms in total. The number of halogens is 5. The van der Waals surface area contributed by atoms with Gasteiger partial charge in [-0.15, -0.1) is 11.3 Å². The highest BCUT2D eigenvalue weighted by Crippen LogP contribution is 2.26. The summed E-state index contributed by atoms with van der Waals surface area (Å²) in [7, 11) is -4.94. The maximum Gasteiger partial charge on any atom is 0.246 e. The van der Waals surface area contributed by atoms with Crippen molar-refractivity contribution in [1.82, 2.24) is 9.71 Å². The predicted octanol–water partition coefficient (Wildman–Crippen LogP) is 3.51. The molecule has 1 N–H and O–H groups in total. The molecule has 0 radical (unpaired) electrons. The molecule has 2 aromatic carbocycles. The Balaban J connectivity index is 1.81.